The van der Waals surface area contributed by atoms with Gasteiger partial charge in [-0.05, 0) is 62.5 Å². The number of piperidine rings is 1. The third-order valence-electron chi connectivity index (χ3n) is 5.41. The van der Waals surface area contributed by atoms with E-state index in [1.165, 1.54) is 30.4 Å². The molecule has 0 bridgehead atoms. The zero-order chi connectivity index (χ0) is 14.9. The summed E-state index contributed by atoms with van der Waals surface area (Å²) in [6.07, 6.45) is 7.01. The minimum Gasteiger partial charge on any atom is -0.342 e. The molecule has 2 nitrogen and oxygen atoms in total. The Bertz CT molecular complexity index is 518. The summed E-state index contributed by atoms with van der Waals surface area (Å²) in [6, 6.07) is 8.68. The molecule has 1 aliphatic heterocycles. The number of hydrogen-bond donors (Lipinski definition) is 0. The topological polar surface area (TPSA) is 20.3 Å². The lowest BCUT2D eigenvalue weighted by Crippen LogP contribution is -2.43. The third kappa shape index (κ3) is 3.30. The zero-order valence-corrected chi connectivity index (χ0v) is 13.4. The number of carbonyl (C=O) groups excluding carboxylic acids is 1. The second-order valence-corrected chi connectivity index (χ2v) is 7.29. The van der Waals surface area contributed by atoms with Crippen molar-refractivity contribution in [2.45, 2.75) is 52.4 Å². The Balaban J connectivity index is 1.54. The summed E-state index contributed by atoms with van der Waals surface area (Å²) in [7, 11) is 0. The minimum atomic E-state index is -0.00208. The average molecular weight is 285 g/mol. The molecule has 1 aromatic carbocycles. The highest BCUT2D eigenvalue weighted by molar-refractivity contribution is 5.85. The Hall–Kier alpha value is -1.31. The van der Waals surface area contributed by atoms with Crippen LogP contribution in [0.15, 0.2) is 24.3 Å². The number of benzene rings is 1. The number of nitrogens with zero attached hydrogens (tertiary/aromatic N) is 1. The first kappa shape index (κ1) is 14.6. The summed E-state index contributed by atoms with van der Waals surface area (Å²) in [6.45, 7) is 6.29. The van der Waals surface area contributed by atoms with E-state index in [1.54, 1.807) is 0 Å². The quantitative estimate of drug-likeness (QED) is 0.820. The van der Waals surface area contributed by atoms with Crippen molar-refractivity contribution in [2.24, 2.45) is 11.3 Å². The lowest BCUT2D eigenvalue weighted by Gasteiger charge is -2.34. The van der Waals surface area contributed by atoms with Gasteiger partial charge in [0, 0.05) is 18.5 Å². The summed E-state index contributed by atoms with van der Waals surface area (Å²) in [5.41, 5.74) is 2.86. The molecule has 3 rings (SSSR count). The van der Waals surface area contributed by atoms with E-state index in [0.717, 1.165) is 32.4 Å². The molecule has 1 aliphatic carbocycles. The summed E-state index contributed by atoms with van der Waals surface area (Å²) in [5.74, 6) is 1.10. The van der Waals surface area contributed by atoms with E-state index in [9.17, 15) is 4.79 Å². The SMILES string of the molecule is Cc1ccccc1CCC1CCCN(C(=O)C2(C)CC2)C1. The monoisotopic (exact) mass is 285 g/mol. The molecule has 1 amide bonds. The predicted octanol–water partition coefficient (Wildman–Crippen LogP) is 3.97. The maximum Gasteiger partial charge on any atom is 0.228 e. The normalized spacial score (nSPS) is 23.9. The van der Waals surface area contributed by atoms with E-state index in [-0.39, 0.29) is 5.41 Å². The van der Waals surface area contributed by atoms with Gasteiger partial charge in [0.15, 0.2) is 0 Å². The number of rotatable bonds is 4. The van der Waals surface area contributed by atoms with Crippen LogP contribution in [0.1, 0.15) is 50.2 Å². The molecular weight excluding hydrogens is 258 g/mol. The Morgan fingerprint density at radius 1 is 1.33 bits per heavy atom. The first-order valence-corrected chi connectivity index (χ1v) is 8.42. The molecule has 0 radical (unpaired) electrons. The second-order valence-electron chi connectivity index (χ2n) is 7.29. The van der Waals surface area contributed by atoms with Crippen molar-refractivity contribution >= 4 is 5.91 Å². The molecule has 114 valence electrons. The van der Waals surface area contributed by atoms with Gasteiger partial charge in [0.2, 0.25) is 5.91 Å². The van der Waals surface area contributed by atoms with Crippen molar-refractivity contribution in [3.8, 4) is 0 Å². The summed E-state index contributed by atoms with van der Waals surface area (Å²) in [4.78, 5) is 14.6. The van der Waals surface area contributed by atoms with E-state index in [4.69, 9.17) is 0 Å². The lowest BCUT2D eigenvalue weighted by atomic mass is 9.90. The van der Waals surface area contributed by atoms with Gasteiger partial charge in [0.25, 0.3) is 0 Å². The van der Waals surface area contributed by atoms with Gasteiger partial charge in [-0.15, -0.1) is 0 Å². The number of likely N-dealkylation sites (tertiary alicyclic amines) is 1. The minimum absolute atomic E-state index is 0.00208. The fourth-order valence-corrected chi connectivity index (χ4v) is 3.52. The maximum atomic E-state index is 12.5. The highest BCUT2D eigenvalue weighted by Gasteiger charge is 2.47. The molecule has 2 fully saturated rings. The van der Waals surface area contributed by atoms with Crippen molar-refractivity contribution in [3.05, 3.63) is 35.4 Å². The van der Waals surface area contributed by atoms with Gasteiger partial charge in [-0.25, -0.2) is 0 Å². The van der Waals surface area contributed by atoms with Gasteiger partial charge in [-0.1, -0.05) is 31.2 Å². The van der Waals surface area contributed by atoms with Crippen LogP contribution in [0.2, 0.25) is 0 Å². The first-order chi connectivity index (χ1) is 10.1. The molecule has 0 aromatic heterocycles. The predicted molar refractivity (Wildman–Crippen MR) is 86.1 cm³/mol. The maximum absolute atomic E-state index is 12.5. The van der Waals surface area contributed by atoms with Crippen molar-refractivity contribution in [1.82, 2.24) is 4.90 Å². The van der Waals surface area contributed by atoms with Crippen LogP contribution in [0.4, 0.5) is 0 Å². The second kappa shape index (κ2) is 5.82. The van der Waals surface area contributed by atoms with Gasteiger partial charge in [-0.2, -0.15) is 0 Å². The average Bonchev–Trinajstić information content (AvgIpc) is 3.25. The highest BCUT2D eigenvalue weighted by atomic mass is 16.2. The fourth-order valence-electron chi connectivity index (χ4n) is 3.52. The lowest BCUT2D eigenvalue weighted by molar-refractivity contribution is -0.138. The smallest absolute Gasteiger partial charge is 0.228 e. The number of hydrogen-bond acceptors (Lipinski definition) is 1. The molecule has 0 spiro atoms. The van der Waals surface area contributed by atoms with Crippen LogP contribution in [0.5, 0.6) is 0 Å². The standard InChI is InChI=1S/C19H27NO/c1-15-6-3-4-8-17(15)10-9-16-7-5-13-20(14-16)18(21)19(2)11-12-19/h3-4,6,8,16H,5,7,9-14H2,1-2H3. The molecule has 1 heterocycles. The van der Waals surface area contributed by atoms with Crippen molar-refractivity contribution in [3.63, 3.8) is 0 Å². The van der Waals surface area contributed by atoms with Crippen molar-refractivity contribution < 1.29 is 4.79 Å². The van der Waals surface area contributed by atoms with Crippen LogP contribution in [-0.4, -0.2) is 23.9 Å². The Morgan fingerprint density at radius 2 is 2.10 bits per heavy atom. The number of carbonyl (C=O) groups is 1. The summed E-state index contributed by atoms with van der Waals surface area (Å²) < 4.78 is 0. The van der Waals surface area contributed by atoms with Gasteiger partial charge in [0.1, 0.15) is 0 Å². The summed E-state index contributed by atoms with van der Waals surface area (Å²) in [5, 5.41) is 0. The van der Waals surface area contributed by atoms with E-state index < -0.39 is 0 Å². The molecule has 1 saturated carbocycles. The van der Waals surface area contributed by atoms with Crippen molar-refractivity contribution in [1.29, 1.82) is 0 Å². The van der Waals surface area contributed by atoms with Crippen LogP contribution in [0, 0.1) is 18.3 Å². The molecule has 21 heavy (non-hydrogen) atoms. The first-order valence-electron chi connectivity index (χ1n) is 8.42. The molecular formula is C19H27NO. The van der Waals surface area contributed by atoms with Gasteiger partial charge in [-0.3, -0.25) is 4.79 Å². The van der Waals surface area contributed by atoms with E-state index in [1.807, 2.05) is 0 Å². The molecule has 1 aromatic rings. The third-order valence-corrected chi connectivity index (χ3v) is 5.41. The molecule has 0 N–H and O–H groups in total. The van der Waals surface area contributed by atoms with Crippen LogP contribution in [0.3, 0.4) is 0 Å². The van der Waals surface area contributed by atoms with Crippen LogP contribution in [0.25, 0.3) is 0 Å². The van der Waals surface area contributed by atoms with E-state index >= 15 is 0 Å². The summed E-state index contributed by atoms with van der Waals surface area (Å²) >= 11 is 0. The van der Waals surface area contributed by atoms with Gasteiger partial charge >= 0.3 is 0 Å². The van der Waals surface area contributed by atoms with E-state index in [0.29, 0.717) is 11.8 Å². The Morgan fingerprint density at radius 3 is 2.81 bits per heavy atom. The molecule has 1 atom stereocenters. The van der Waals surface area contributed by atoms with Gasteiger partial charge < -0.3 is 4.90 Å². The number of aryl methyl sites for hydroxylation is 2. The van der Waals surface area contributed by atoms with Crippen LogP contribution >= 0.6 is 0 Å². The molecule has 2 heteroatoms. The van der Waals surface area contributed by atoms with Gasteiger partial charge in [0.05, 0.1) is 0 Å². The zero-order valence-electron chi connectivity index (χ0n) is 13.4. The molecule has 1 saturated heterocycles. The van der Waals surface area contributed by atoms with Crippen LogP contribution < -0.4 is 0 Å². The van der Waals surface area contributed by atoms with Crippen molar-refractivity contribution in [2.75, 3.05) is 13.1 Å². The molecule has 2 aliphatic rings. The largest absolute Gasteiger partial charge is 0.342 e. The van der Waals surface area contributed by atoms with E-state index in [2.05, 4.69) is 43.0 Å². The Labute approximate surface area is 128 Å². The highest BCUT2D eigenvalue weighted by Crippen LogP contribution is 2.47. The fraction of sp³-hybridized carbons (Fsp3) is 0.632. The van der Waals surface area contributed by atoms with Crippen LogP contribution in [-0.2, 0) is 11.2 Å². The Kier molecular flexibility index (Phi) is 4.05. The number of amides is 1. The molecule has 1 unspecified atom stereocenters.